The molecule has 3 N–H and O–H groups in total. The number of β-amino-alcohol motifs (C(OH)–C–C–N with tert-alkyl or cyclic N) is 1. The van der Waals surface area contributed by atoms with Crippen molar-refractivity contribution >= 4 is 11.6 Å². The number of aryl methyl sites for hydroxylation is 2. The lowest BCUT2D eigenvalue weighted by Crippen LogP contribution is -2.60. The maximum absolute atomic E-state index is 11.7. The van der Waals surface area contributed by atoms with Gasteiger partial charge in [0, 0.05) is 18.8 Å². The molecule has 2 rings (SSSR count). The van der Waals surface area contributed by atoms with Crippen LogP contribution >= 0.6 is 0 Å². The van der Waals surface area contributed by atoms with E-state index in [0.29, 0.717) is 13.1 Å². The average molecular weight is 234 g/mol. The van der Waals surface area contributed by atoms with E-state index >= 15 is 0 Å². The average Bonchev–Trinajstić information content (AvgIpc) is 2.21. The summed E-state index contributed by atoms with van der Waals surface area (Å²) in [4.78, 5) is 11.7. The predicted octanol–water partition coefficient (Wildman–Crippen LogP) is 0.966. The molecule has 0 unspecified atom stereocenters. The second-order valence-electron chi connectivity index (χ2n) is 4.85. The Hall–Kier alpha value is -1.39. The van der Waals surface area contributed by atoms with Gasteiger partial charge >= 0.3 is 0 Å². The van der Waals surface area contributed by atoms with Crippen molar-refractivity contribution in [2.45, 2.75) is 25.9 Å². The van der Waals surface area contributed by atoms with E-state index in [4.69, 9.17) is 0 Å². The Kier molecular flexibility index (Phi) is 3.17. The maximum atomic E-state index is 11.7. The van der Waals surface area contributed by atoms with E-state index in [1.54, 1.807) is 0 Å². The number of nitrogens with one attached hydrogen (secondary N) is 2. The van der Waals surface area contributed by atoms with Crippen LogP contribution in [0.2, 0.25) is 0 Å². The van der Waals surface area contributed by atoms with Crippen molar-refractivity contribution in [1.82, 2.24) is 5.32 Å². The molecule has 0 spiro atoms. The van der Waals surface area contributed by atoms with Crippen molar-refractivity contribution in [3.05, 3.63) is 29.3 Å². The topological polar surface area (TPSA) is 61.4 Å². The summed E-state index contributed by atoms with van der Waals surface area (Å²) in [5.41, 5.74) is 2.27. The summed E-state index contributed by atoms with van der Waals surface area (Å²) in [5.74, 6) is -0.141. The number of hydrogen-bond donors (Lipinski definition) is 3. The molecule has 1 aliphatic heterocycles. The Morgan fingerprint density at radius 2 is 2.12 bits per heavy atom. The van der Waals surface area contributed by atoms with E-state index in [-0.39, 0.29) is 12.3 Å². The molecular weight excluding hydrogens is 216 g/mol. The highest BCUT2D eigenvalue weighted by molar-refractivity contribution is 5.91. The fourth-order valence-corrected chi connectivity index (χ4v) is 1.86. The summed E-state index contributed by atoms with van der Waals surface area (Å²) in [6.07, 6.45) is 0.146. The van der Waals surface area contributed by atoms with Crippen molar-refractivity contribution in [2.24, 2.45) is 0 Å². The van der Waals surface area contributed by atoms with Crippen LogP contribution < -0.4 is 10.6 Å². The predicted molar refractivity (Wildman–Crippen MR) is 67.0 cm³/mol. The van der Waals surface area contributed by atoms with E-state index in [2.05, 4.69) is 10.6 Å². The van der Waals surface area contributed by atoms with Crippen molar-refractivity contribution in [3.8, 4) is 0 Å². The zero-order valence-electron chi connectivity index (χ0n) is 10.2. The van der Waals surface area contributed by atoms with Gasteiger partial charge in [0.05, 0.1) is 12.0 Å². The SMILES string of the molecule is Cc1ccc(NC(=O)CC2(O)CNC2)cc1C. The van der Waals surface area contributed by atoms with Crippen molar-refractivity contribution in [3.63, 3.8) is 0 Å². The van der Waals surface area contributed by atoms with Crippen LogP contribution in [-0.4, -0.2) is 29.7 Å². The molecule has 1 aromatic rings. The van der Waals surface area contributed by atoms with Gasteiger partial charge in [0.25, 0.3) is 0 Å². The van der Waals surface area contributed by atoms with Crippen molar-refractivity contribution < 1.29 is 9.90 Å². The first kappa shape index (κ1) is 12.1. The van der Waals surface area contributed by atoms with Gasteiger partial charge in [-0.2, -0.15) is 0 Å². The largest absolute Gasteiger partial charge is 0.387 e. The highest BCUT2D eigenvalue weighted by Gasteiger charge is 2.36. The molecular formula is C13H18N2O2. The number of carbonyl (C=O) groups excluding carboxylic acids is 1. The number of carbonyl (C=O) groups is 1. The molecule has 4 heteroatoms. The number of hydrogen-bond acceptors (Lipinski definition) is 3. The summed E-state index contributed by atoms with van der Waals surface area (Å²) in [7, 11) is 0. The maximum Gasteiger partial charge on any atom is 0.227 e. The Morgan fingerprint density at radius 3 is 2.65 bits per heavy atom. The summed E-state index contributed by atoms with van der Waals surface area (Å²) >= 11 is 0. The normalized spacial score (nSPS) is 17.4. The van der Waals surface area contributed by atoms with Gasteiger partial charge in [-0.25, -0.2) is 0 Å². The van der Waals surface area contributed by atoms with Gasteiger partial charge in [-0.15, -0.1) is 0 Å². The molecule has 4 nitrogen and oxygen atoms in total. The Balaban J connectivity index is 1.95. The third-order valence-electron chi connectivity index (χ3n) is 3.19. The fraction of sp³-hybridized carbons (Fsp3) is 0.462. The van der Waals surface area contributed by atoms with Gasteiger partial charge in [0.2, 0.25) is 5.91 Å². The lowest BCUT2D eigenvalue weighted by atomic mass is 9.93. The third kappa shape index (κ3) is 2.84. The molecule has 1 heterocycles. The molecule has 1 saturated heterocycles. The first-order chi connectivity index (χ1) is 7.98. The third-order valence-corrected chi connectivity index (χ3v) is 3.19. The molecule has 0 saturated carbocycles. The molecule has 1 aromatic carbocycles. The van der Waals surface area contributed by atoms with Crippen LogP contribution in [-0.2, 0) is 4.79 Å². The molecule has 1 amide bonds. The first-order valence-corrected chi connectivity index (χ1v) is 5.79. The highest BCUT2D eigenvalue weighted by Crippen LogP contribution is 2.18. The molecule has 0 aromatic heterocycles. The molecule has 1 fully saturated rings. The minimum Gasteiger partial charge on any atom is -0.387 e. The van der Waals surface area contributed by atoms with Crippen LogP contribution in [0.3, 0.4) is 0 Å². The number of rotatable bonds is 3. The van der Waals surface area contributed by atoms with Crippen LogP contribution in [0, 0.1) is 13.8 Å². The molecule has 0 radical (unpaired) electrons. The Morgan fingerprint density at radius 1 is 1.41 bits per heavy atom. The monoisotopic (exact) mass is 234 g/mol. The van der Waals surface area contributed by atoms with Gasteiger partial charge in [-0.1, -0.05) is 6.07 Å². The summed E-state index contributed by atoms with van der Waals surface area (Å²) in [6, 6.07) is 5.80. The number of aliphatic hydroxyl groups is 1. The van der Waals surface area contributed by atoms with Gasteiger partial charge < -0.3 is 15.7 Å². The van der Waals surface area contributed by atoms with E-state index in [1.807, 2.05) is 32.0 Å². The second-order valence-corrected chi connectivity index (χ2v) is 4.85. The van der Waals surface area contributed by atoms with E-state index in [1.165, 1.54) is 5.56 Å². The van der Waals surface area contributed by atoms with Crippen LogP contribution in [0.4, 0.5) is 5.69 Å². The minimum atomic E-state index is -0.857. The molecule has 0 atom stereocenters. The van der Waals surface area contributed by atoms with E-state index in [0.717, 1.165) is 11.3 Å². The van der Waals surface area contributed by atoms with Crippen LogP contribution in [0.1, 0.15) is 17.5 Å². The van der Waals surface area contributed by atoms with Gasteiger partial charge in [0.1, 0.15) is 0 Å². The summed E-state index contributed by atoms with van der Waals surface area (Å²) in [5, 5.41) is 15.6. The quantitative estimate of drug-likeness (QED) is 0.730. The smallest absolute Gasteiger partial charge is 0.227 e. The lowest BCUT2D eigenvalue weighted by molar-refractivity contribution is -0.123. The molecule has 0 bridgehead atoms. The molecule has 0 aliphatic carbocycles. The van der Waals surface area contributed by atoms with Crippen molar-refractivity contribution in [2.75, 3.05) is 18.4 Å². The first-order valence-electron chi connectivity index (χ1n) is 5.79. The summed E-state index contributed by atoms with van der Waals surface area (Å²) in [6.45, 7) is 5.03. The van der Waals surface area contributed by atoms with Crippen LogP contribution in [0.25, 0.3) is 0 Å². The zero-order chi connectivity index (χ0) is 12.5. The van der Waals surface area contributed by atoms with Gasteiger partial charge in [-0.3, -0.25) is 4.79 Å². The summed E-state index contributed by atoms with van der Waals surface area (Å²) < 4.78 is 0. The molecule has 17 heavy (non-hydrogen) atoms. The fourth-order valence-electron chi connectivity index (χ4n) is 1.86. The second kappa shape index (κ2) is 4.47. The van der Waals surface area contributed by atoms with Gasteiger partial charge in [-0.05, 0) is 37.1 Å². The lowest BCUT2D eigenvalue weighted by Gasteiger charge is -2.36. The highest BCUT2D eigenvalue weighted by atomic mass is 16.3. The zero-order valence-corrected chi connectivity index (χ0v) is 10.2. The van der Waals surface area contributed by atoms with Gasteiger partial charge in [0.15, 0.2) is 0 Å². The number of benzene rings is 1. The van der Waals surface area contributed by atoms with E-state index in [9.17, 15) is 9.90 Å². The minimum absolute atomic E-state index is 0.141. The van der Waals surface area contributed by atoms with E-state index < -0.39 is 5.60 Å². The van der Waals surface area contributed by atoms with Crippen LogP contribution in [0.15, 0.2) is 18.2 Å². The number of amides is 1. The standard InChI is InChI=1S/C13H18N2O2/c1-9-3-4-11(5-10(9)2)15-12(16)6-13(17)7-14-8-13/h3-5,14,17H,6-8H2,1-2H3,(H,15,16). The number of anilines is 1. The Bertz CT molecular complexity index is 439. The molecule has 1 aliphatic rings. The van der Waals surface area contributed by atoms with Crippen LogP contribution in [0.5, 0.6) is 0 Å². The van der Waals surface area contributed by atoms with Crippen molar-refractivity contribution in [1.29, 1.82) is 0 Å². The Labute approximate surface area is 101 Å². The molecule has 92 valence electrons.